The largest absolute Gasteiger partial charge is 0.493 e. The molecule has 0 aliphatic rings. The van der Waals surface area contributed by atoms with Crippen molar-refractivity contribution in [2.45, 2.75) is 44.3 Å². The van der Waals surface area contributed by atoms with Gasteiger partial charge >= 0.3 is 6.18 Å². The Kier molecular flexibility index (Phi) is 7.86. The first-order chi connectivity index (χ1) is 15.2. The molecule has 0 saturated heterocycles. The van der Waals surface area contributed by atoms with E-state index in [-0.39, 0.29) is 24.5 Å². The molecule has 0 radical (unpaired) electrons. The lowest BCUT2D eigenvalue weighted by molar-refractivity contribution is -0.138. The minimum atomic E-state index is -4.57. The fourth-order valence-corrected chi connectivity index (χ4v) is 3.97. The second-order valence-electron chi connectivity index (χ2n) is 7.84. The second-order valence-corrected chi connectivity index (χ2v) is 8.82. The van der Waals surface area contributed by atoms with Crippen LogP contribution in [-0.2, 0) is 18.1 Å². The number of aliphatic hydroxyl groups excluding tert-OH is 1. The Morgan fingerprint density at radius 1 is 1.03 bits per heavy atom. The third-order valence-electron chi connectivity index (χ3n) is 4.98. The van der Waals surface area contributed by atoms with Crippen molar-refractivity contribution in [2.75, 3.05) is 13.2 Å². The number of hydrogen-bond acceptors (Lipinski definition) is 6. The highest BCUT2D eigenvalue weighted by Gasteiger charge is 2.35. The number of aromatic nitrogens is 2. The van der Waals surface area contributed by atoms with Crippen LogP contribution in [0.1, 0.15) is 42.3 Å². The highest BCUT2D eigenvalue weighted by molar-refractivity contribution is 7.14. The van der Waals surface area contributed by atoms with Gasteiger partial charge in [-0.1, -0.05) is 41.7 Å². The van der Waals surface area contributed by atoms with Crippen LogP contribution in [0.15, 0.2) is 48.5 Å². The Morgan fingerprint density at radius 2 is 1.78 bits per heavy atom. The summed E-state index contributed by atoms with van der Waals surface area (Å²) in [6.45, 7) is 1.44. The first kappa shape index (κ1) is 24.2. The quantitative estimate of drug-likeness (QED) is 0.403. The lowest BCUT2D eigenvalue weighted by Crippen LogP contribution is -2.36. The molecule has 0 fully saturated rings. The topological polar surface area (TPSA) is 81.3 Å². The van der Waals surface area contributed by atoms with E-state index < -0.39 is 17.3 Å². The zero-order chi connectivity index (χ0) is 23.2. The molecule has 1 atom stereocenters. The minimum absolute atomic E-state index is 0.201. The fourth-order valence-electron chi connectivity index (χ4n) is 3.08. The normalized spacial score (nSPS) is 13.7. The maximum Gasteiger partial charge on any atom is 0.419 e. The van der Waals surface area contributed by atoms with Gasteiger partial charge in [-0.2, -0.15) is 13.2 Å². The number of nitrogens with two attached hydrogens (primary N) is 1. The molecule has 0 saturated carbocycles. The smallest absolute Gasteiger partial charge is 0.419 e. The molecule has 9 heteroatoms. The van der Waals surface area contributed by atoms with E-state index >= 15 is 0 Å². The van der Waals surface area contributed by atoms with E-state index in [4.69, 9.17) is 10.5 Å². The SMILES string of the molecule is C[C@](N)(CO)c1nnc(-c2ccc(OCCCCCc3ccccc3)c(C(F)(F)F)c2)s1. The van der Waals surface area contributed by atoms with E-state index in [2.05, 4.69) is 22.3 Å². The zero-order valence-electron chi connectivity index (χ0n) is 17.7. The molecule has 0 spiro atoms. The highest BCUT2D eigenvalue weighted by atomic mass is 32.1. The summed E-state index contributed by atoms with van der Waals surface area (Å²) in [6.07, 6.45) is -1.15. The lowest BCUT2D eigenvalue weighted by Gasteiger charge is -2.17. The van der Waals surface area contributed by atoms with Crippen molar-refractivity contribution in [3.63, 3.8) is 0 Å². The Balaban J connectivity index is 1.63. The van der Waals surface area contributed by atoms with Gasteiger partial charge in [0.25, 0.3) is 0 Å². The van der Waals surface area contributed by atoms with E-state index in [1.54, 1.807) is 6.92 Å². The van der Waals surface area contributed by atoms with Gasteiger partial charge in [-0.05, 0) is 56.4 Å². The fraction of sp³-hybridized carbons (Fsp3) is 0.391. The van der Waals surface area contributed by atoms with Crippen molar-refractivity contribution in [1.29, 1.82) is 0 Å². The van der Waals surface area contributed by atoms with E-state index in [0.29, 0.717) is 16.4 Å². The summed E-state index contributed by atoms with van der Waals surface area (Å²) in [4.78, 5) is 0. The minimum Gasteiger partial charge on any atom is -0.493 e. The molecule has 0 amide bonds. The summed E-state index contributed by atoms with van der Waals surface area (Å²) in [5.41, 5.74) is 5.49. The summed E-state index contributed by atoms with van der Waals surface area (Å²) in [5, 5.41) is 17.9. The number of rotatable bonds is 10. The summed E-state index contributed by atoms with van der Waals surface area (Å²) >= 11 is 1.05. The van der Waals surface area contributed by atoms with Crippen molar-refractivity contribution in [3.05, 3.63) is 64.7 Å². The van der Waals surface area contributed by atoms with Crippen molar-refractivity contribution in [3.8, 4) is 16.3 Å². The molecule has 0 bridgehead atoms. The number of benzene rings is 2. The first-order valence-electron chi connectivity index (χ1n) is 10.3. The molecule has 1 aromatic heterocycles. The lowest BCUT2D eigenvalue weighted by atomic mass is 10.1. The number of aryl methyl sites for hydroxylation is 1. The number of aliphatic hydroxyl groups is 1. The molecule has 5 nitrogen and oxygen atoms in total. The molecule has 3 aromatic rings. The van der Waals surface area contributed by atoms with E-state index in [0.717, 1.165) is 36.7 Å². The van der Waals surface area contributed by atoms with E-state index in [9.17, 15) is 18.3 Å². The van der Waals surface area contributed by atoms with Crippen molar-refractivity contribution < 1.29 is 23.0 Å². The van der Waals surface area contributed by atoms with Gasteiger partial charge in [0.05, 0.1) is 24.3 Å². The van der Waals surface area contributed by atoms with Crippen molar-refractivity contribution >= 4 is 11.3 Å². The number of halogens is 3. The number of nitrogens with zero attached hydrogens (tertiary/aromatic N) is 2. The van der Waals surface area contributed by atoms with Crippen LogP contribution >= 0.6 is 11.3 Å². The predicted octanol–water partition coefficient (Wildman–Crippen LogP) is 5.18. The summed E-state index contributed by atoms with van der Waals surface area (Å²) in [6, 6.07) is 13.9. The third kappa shape index (κ3) is 6.27. The average molecular weight is 466 g/mol. The molecular formula is C23H26F3N3O2S. The Morgan fingerprint density at radius 3 is 2.47 bits per heavy atom. The summed E-state index contributed by atoms with van der Waals surface area (Å²) < 4.78 is 46.4. The van der Waals surface area contributed by atoms with Crippen molar-refractivity contribution in [2.24, 2.45) is 5.73 Å². The van der Waals surface area contributed by atoms with Gasteiger partial charge in [0, 0.05) is 5.56 Å². The number of unbranched alkanes of at least 4 members (excludes halogenated alkanes) is 2. The molecule has 172 valence electrons. The maximum absolute atomic E-state index is 13.6. The maximum atomic E-state index is 13.6. The molecule has 1 heterocycles. The molecule has 0 unspecified atom stereocenters. The second kappa shape index (κ2) is 10.4. The third-order valence-corrected chi connectivity index (χ3v) is 6.24. The van der Waals surface area contributed by atoms with E-state index in [1.807, 2.05) is 18.2 Å². The number of hydrogen-bond donors (Lipinski definition) is 2. The van der Waals surface area contributed by atoms with Crippen LogP contribution in [-0.4, -0.2) is 28.5 Å². The molecular weight excluding hydrogens is 439 g/mol. The van der Waals surface area contributed by atoms with Gasteiger partial charge in [-0.3, -0.25) is 0 Å². The van der Waals surface area contributed by atoms with Crippen LogP contribution in [0.3, 0.4) is 0 Å². The van der Waals surface area contributed by atoms with Crippen LogP contribution in [0, 0.1) is 0 Å². The highest BCUT2D eigenvalue weighted by Crippen LogP contribution is 2.39. The average Bonchev–Trinajstić information content (AvgIpc) is 3.27. The van der Waals surface area contributed by atoms with Gasteiger partial charge in [0.2, 0.25) is 0 Å². The van der Waals surface area contributed by atoms with Gasteiger partial charge < -0.3 is 15.6 Å². The number of ether oxygens (including phenoxy) is 1. The van der Waals surface area contributed by atoms with Gasteiger partial charge in [-0.15, -0.1) is 10.2 Å². The van der Waals surface area contributed by atoms with Crippen LogP contribution in [0.4, 0.5) is 13.2 Å². The summed E-state index contributed by atoms with van der Waals surface area (Å²) in [5.74, 6) is -0.201. The van der Waals surface area contributed by atoms with Crippen molar-refractivity contribution in [1.82, 2.24) is 10.2 Å². The molecule has 32 heavy (non-hydrogen) atoms. The first-order valence-corrected chi connectivity index (χ1v) is 11.1. The molecule has 0 aliphatic carbocycles. The van der Waals surface area contributed by atoms with Gasteiger partial charge in [0.15, 0.2) is 0 Å². The molecule has 3 rings (SSSR count). The van der Waals surface area contributed by atoms with Crippen LogP contribution < -0.4 is 10.5 Å². The van der Waals surface area contributed by atoms with Gasteiger partial charge in [-0.25, -0.2) is 0 Å². The number of alkyl halides is 3. The molecule has 0 aliphatic heterocycles. The Labute approximate surface area is 189 Å². The Bertz CT molecular complexity index is 1010. The zero-order valence-corrected chi connectivity index (χ0v) is 18.5. The molecule has 2 aromatic carbocycles. The Hall–Kier alpha value is -2.49. The van der Waals surface area contributed by atoms with Crippen LogP contribution in [0.5, 0.6) is 5.75 Å². The predicted molar refractivity (Wildman–Crippen MR) is 118 cm³/mol. The summed E-state index contributed by atoms with van der Waals surface area (Å²) in [7, 11) is 0. The standard InChI is InChI=1S/C23H26F3N3O2S/c1-22(27,15-30)21-29-28-20(32-21)17-11-12-19(18(14-17)23(24,25)26)31-13-7-3-6-10-16-8-4-2-5-9-16/h2,4-5,8-9,11-12,14,30H,3,6-7,10,13,15,27H2,1H3/t22-/m0/s1. The van der Waals surface area contributed by atoms with Crippen LogP contribution in [0.2, 0.25) is 0 Å². The molecule has 3 N–H and O–H groups in total. The van der Waals surface area contributed by atoms with Crippen LogP contribution in [0.25, 0.3) is 10.6 Å². The van der Waals surface area contributed by atoms with Gasteiger partial charge in [0.1, 0.15) is 15.8 Å². The van der Waals surface area contributed by atoms with E-state index in [1.165, 1.54) is 17.7 Å². The monoisotopic (exact) mass is 465 g/mol.